The Bertz CT molecular complexity index is 546. The summed E-state index contributed by atoms with van der Waals surface area (Å²) in [6.07, 6.45) is 0.543. The number of rotatable bonds is 4. The molecule has 19 heavy (non-hydrogen) atoms. The van der Waals surface area contributed by atoms with Gasteiger partial charge in [0.2, 0.25) is 5.89 Å². The van der Waals surface area contributed by atoms with E-state index in [1.54, 1.807) is 30.0 Å². The van der Waals surface area contributed by atoms with Gasteiger partial charge in [0.05, 0.1) is 12.2 Å². The SMILES string of the molecule is CC(C)(C)SCc1noc(Cc2cccc(O)c2)n1. The monoisotopic (exact) mass is 278 g/mol. The lowest BCUT2D eigenvalue weighted by Gasteiger charge is -2.15. The number of thioether (sulfide) groups is 1. The quantitative estimate of drug-likeness (QED) is 0.928. The van der Waals surface area contributed by atoms with Crippen LogP contribution in [0.1, 0.15) is 38.0 Å². The molecule has 0 fully saturated rings. The van der Waals surface area contributed by atoms with E-state index in [4.69, 9.17) is 4.52 Å². The molecule has 0 aliphatic rings. The number of aromatic hydroxyl groups is 1. The molecule has 0 bridgehead atoms. The van der Waals surface area contributed by atoms with Crippen molar-refractivity contribution in [2.45, 2.75) is 37.7 Å². The summed E-state index contributed by atoms with van der Waals surface area (Å²) in [4.78, 5) is 4.36. The van der Waals surface area contributed by atoms with Crippen molar-refractivity contribution in [2.75, 3.05) is 0 Å². The van der Waals surface area contributed by atoms with Gasteiger partial charge < -0.3 is 9.63 Å². The average Bonchev–Trinajstić information content (AvgIpc) is 2.73. The Labute approximate surface area is 117 Å². The fourth-order valence-electron chi connectivity index (χ4n) is 1.54. The van der Waals surface area contributed by atoms with Crippen LogP contribution in [0.4, 0.5) is 0 Å². The third-order valence-corrected chi connectivity index (χ3v) is 3.68. The summed E-state index contributed by atoms with van der Waals surface area (Å²) >= 11 is 1.78. The lowest BCUT2D eigenvalue weighted by atomic mass is 10.1. The predicted molar refractivity (Wildman–Crippen MR) is 76.3 cm³/mol. The summed E-state index contributed by atoms with van der Waals surface area (Å²) in [7, 11) is 0. The van der Waals surface area contributed by atoms with E-state index in [1.165, 1.54) is 0 Å². The fraction of sp³-hybridized carbons (Fsp3) is 0.429. The van der Waals surface area contributed by atoms with Gasteiger partial charge in [-0.1, -0.05) is 38.1 Å². The van der Waals surface area contributed by atoms with Crippen molar-refractivity contribution in [3.05, 3.63) is 41.5 Å². The van der Waals surface area contributed by atoms with Gasteiger partial charge in [-0.05, 0) is 17.7 Å². The summed E-state index contributed by atoms with van der Waals surface area (Å²) < 4.78 is 5.40. The molecule has 2 aromatic rings. The topological polar surface area (TPSA) is 59.2 Å². The van der Waals surface area contributed by atoms with E-state index >= 15 is 0 Å². The Morgan fingerprint density at radius 3 is 2.79 bits per heavy atom. The highest BCUT2D eigenvalue weighted by molar-refractivity contribution is 7.99. The Morgan fingerprint density at radius 1 is 1.32 bits per heavy atom. The lowest BCUT2D eigenvalue weighted by molar-refractivity contribution is 0.380. The third kappa shape index (κ3) is 4.59. The van der Waals surface area contributed by atoms with Gasteiger partial charge in [-0.25, -0.2) is 0 Å². The second-order valence-corrected chi connectivity index (χ2v) is 7.15. The van der Waals surface area contributed by atoms with Gasteiger partial charge in [0.15, 0.2) is 5.82 Å². The number of phenolic OH excluding ortho intramolecular Hbond substituents is 1. The van der Waals surface area contributed by atoms with E-state index in [-0.39, 0.29) is 10.5 Å². The van der Waals surface area contributed by atoms with Crippen molar-refractivity contribution in [1.82, 2.24) is 10.1 Å². The second kappa shape index (κ2) is 5.65. The van der Waals surface area contributed by atoms with Crippen LogP contribution in [-0.4, -0.2) is 20.0 Å². The standard InChI is InChI=1S/C14H18N2O2S/c1-14(2,3)19-9-12-15-13(18-16-12)8-10-5-4-6-11(17)7-10/h4-7,17H,8-9H2,1-3H3. The van der Waals surface area contributed by atoms with Crippen molar-refractivity contribution in [3.8, 4) is 5.75 Å². The van der Waals surface area contributed by atoms with Crippen molar-refractivity contribution in [1.29, 1.82) is 0 Å². The largest absolute Gasteiger partial charge is 0.508 e. The normalized spacial score (nSPS) is 11.7. The van der Waals surface area contributed by atoms with Crippen LogP contribution in [0.15, 0.2) is 28.8 Å². The first-order chi connectivity index (χ1) is 8.92. The van der Waals surface area contributed by atoms with E-state index in [9.17, 15) is 5.11 Å². The van der Waals surface area contributed by atoms with Crippen LogP contribution in [0.5, 0.6) is 5.75 Å². The van der Waals surface area contributed by atoms with Crippen molar-refractivity contribution < 1.29 is 9.63 Å². The molecule has 0 spiro atoms. The first kappa shape index (κ1) is 13.9. The molecule has 2 rings (SSSR count). The minimum absolute atomic E-state index is 0.187. The Morgan fingerprint density at radius 2 is 2.11 bits per heavy atom. The van der Waals surface area contributed by atoms with Crippen molar-refractivity contribution in [2.24, 2.45) is 0 Å². The van der Waals surface area contributed by atoms with E-state index in [0.29, 0.717) is 12.3 Å². The maximum Gasteiger partial charge on any atom is 0.231 e. The molecule has 0 radical (unpaired) electrons. The summed E-state index contributed by atoms with van der Waals surface area (Å²) in [5.74, 6) is 2.29. The third-order valence-electron chi connectivity index (χ3n) is 2.41. The second-order valence-electron chi connectivity index (χ2n) is 5.35. The molecule has 0 atom stereocenters. The summed E-state index contributed by atoms with van der Waals surface area (Å²) in [5.41, 5.74) is 0.957. The Hall–Kier alpha value is -1.49. The van der Waals surface area contributed by atoms with Crippen LogP contribution in [0.3, 0.4) is 0 Å². The molecule has 0 saturated carbocycles. The summed E-state index contributed by atoms with van der Waals surface area (Å²) in [6, 6.07) is 7.07. The maximum atomic E-state index is 9.40. The highest BCUT2D eigenvalue weighted by atomic mass is 32.2. The van der Waals surface area contributed by atoms with Gasteiger partial charge in [-0.3, -0.25) is 0 Å². The van der Waals surface area contributed by atoms with Gasteiger partial charge in [0, 0.05) is 4.75 Å². The number of benzene rings is 1. The van der Waals surface area contributed by atoms with Gasteiger partial charge in [0.25, 0.3) is 0 Å². The molecule has 102 valence electrons. The molecule has 0 saturated heterocycles. The van der Waals surface area contributed by atoms with Crippen LogP contribution in [0, 0.1) is 0 Å². The highest BCUT2D eigenvalue weighted by Crippen LogP contribution is 2.26. The summed E-state index contributed by atoms with van der Waals surface area (Å²) in [5, 5.41) is 13.4. The minimum Gasteiger partial charge on any atom is -0.508 e. The van der Waals surface area contributed by atoms with Crippen LogP contribution in [0.2, 0.25) is 0 Å². The molecule has 1 heterocycles. The van der Waals surface area contributed by atoms with Crippen molar-refractivity contribution >= 4 is 11.8 Å². The molecule has 0 aliphatic heterocycles. The van der Waals surface area contributed by atoms with Gasteiger partial charge in [0.1, 0.15) is 5.75 Å². The number of nitrogens with zero attached hydrogens (tertiary/aromatic N) is 2. The number of phenols is 1. The van der Waals surface area contributed by atoms with E-state index in [2.05, 4.69) is 30.9 Å². The number of hydrogen-bond donors (Lipinski definition) is 1. The number of hydrogen-bond acceptors (Lipinski definition) is 5. The first-order valence-corrected chi connectivity index (χ1v) is 7.14. The van der Waals surface area contributed by atoms with Crippen LogP contribution in [0.25, 0.3) is 0 Å². The predicted octanol–water partition coefficient (Wildman–Crippen LogP) is 3.40. The van der Waals surface area contributed by atoms with E-state index in [0.717, 1.165) is 17.1 Å². The molecular weight excluding hydrogens is 260 g/mol. The molecule has 0 aliphatic carbocycles. The average molecular weight is 278 g/mol. The molecule has 1 aromatic carbocycles. The highest BCUT2D eigenvalue weighted by Gasteiger charge is 2.14. The molecule has 1 N–H and O–H groups in total. The van der Waals surface area contributed by atoms with E-state index in [1.807, 2.05) is 6.07 Å². The van der Waals surface area contributed by atoms with E-state index < -0.39 is 0 Å². The lowest BCUT2D eigenvalue weighted by Crippen LogP contribution is -2.07. The zero-order valence-electron chi connectivity index (χ0n) is 11.4. The van der Waals surface area contributed by atoms with Gasteiger partial charge >= 0.3 is 0 Å². The smallest absolute Gasteiger partial charge is 0.231 e. The summed E-state index contributed by atoms with van der Waals surface area (Å²) in [6.45, 7) is 6.47. The minimum atomic E-state index is 0.187. The maximum absolute atomic E-state index is 9.40. The fourth-order valence-corrected chi connectivity index (χ4v) is 2.22. The Kier molecular flexibility index (Phi) is 4.14. The van der Waals surface area contributed by atoms with Crippen molar-refractivity contribution in [3.63, 3.8) is 0 Å². The zero-order chi connectivity index (χ0) is 13.9. The van der Waals surface area contributed by atoms with Gasteiger partial charge in [-0.15, -0.1) is 11.8 Å². The van der Waals surface area contributed by atoms with Crippen LogP contribution < -0.4 is 0 Å². The molecule has 4 nitrogen and oxygen atoms in total. The first-order valence-electron chi connectivity index (χ1n) is 6.16. The molecule has 1 aromatic heterocycles. The molecular formula is C14H18N2O2S. The van der Waals surface area contributed by atoms with Gasteiger partial charge in [-0.2, -0.15) is 4.98 Å². The van der Waals surface area contributed by atoms with Crippen LogP contribution in [-0.2, 0) is 12.2 Å². The molecule has 0 amide bonds. The van der Waals surface area contributed by atoms with Crippen LogP contribution >= 0.6 is 11.8 Å². The zero-order valence-corrected chi connectivity index (χ0v) is 12.2. The molecule has 5 heteroatoms. The number of aromatic nitrogens is 2. The molecule has 0 unspecified atom stereocenters. The Balaban J connectivity index is 1.97.